The molecule has 0 N–H and O–H groups in total. The molecule has 1 spiro atoms. The molecule has 2 aliphatic heterocycles. The SMILES string of the molecule is COc1ccc(C2CC(=O)Oc3ccc4c(c32)OC2(CCCCC2)CC4=O)cc1OC. The minimum Gasteiger partial charge on any atom is -0.493 e. The Bertz CT molecular complexity index is 1050. The van der Waals surface area contributed by atoms with Crippen molar-refractivity contribution in [2.75, 3.05) is 14.2 Å². The lowest BCUT2D eigenvalue weighted by Gasteiger charge is -2.42. The van der Waals surface area contributed by atoms with Crippen molar-refractivity contribution in [2.24, 2.45) is 0 Å². The second kappa shape index (κ2) is 7.59. The highest BCUT2D eigenvalue weighted by Crippen LogP contribution is 2.51. The normalized spacial score (nSPS) is 21.5. The summed E-state index contributed by atoms with van der Waals surface area (Å²) in [6, 6.07) is 9.09. The van der Waals surface area contributed by atoms with Gasteiger partial charge in [-0.25, -0.2) is 0 Å². The van der Waals surface area contributed by atoms with E-state index in [0.29, 0.717) is 35.0 Å². The highest BCUT2D eigenvalue weighted by atomic mass is 16.5. The molecule has 31 heavy (non-hydrogen) atoms. The van der Waals surface area contributed by atoms with E-state index in [2.05, 4.69) is 0 Å². The van der Waals surface area contributed by atoms with Crippen LogP contribution >= 0.6 is 0 Å². The van der Waals surface area contributed by atoms with E-state index in [1.807, 2.05) is 18.2 Å². The molecule has 0 radical (unpaired) electrons. The van der Waals surface area contributed by atoms with Gasteiger partial charge in [0.05, 0.1) is 32.6 Å². The second-order valence-electron chi connectivity index (χ2n) is 8.64. The van der Waals surface area contributed by atoms with E-state index in [1.165, 1.54) is 6.42 Å². The number of benzene rings is 2. The van der Waals surface area contributed by atoms with Gasteiger partial charge in [0.1, 0.15) is 17.1 Å². The number of hydrogen-bond donors (Lipinski definition) is 0. The molecule has 5 rings (SSSR count). The first-order chi connectivity index (χ1) is 15.0. The number of esters is 1. The Balaban J connectivity index is 1.65. The molecule has 0 amide bonds. The summed E-state index contributed by atoms with van der Waals surface area (Å²) in [7, 11) is 3.17. The van der Waals surface area contributed by atoms with Crippen molar-refractivity contribution in [1.82, 2.24) is 0 Å². The van der Waals surface area contributed by atoms with E-state index in [9.17, 15) is 9.59 Å². The van der Waals surface area contributed by atoms with Crippen molar-refractivity contribution in [3.8, 4) is 23.0 Å². The van der Waals surface area contributed by atoms with Gasteiger partial charge in [0.15, 0.2) is 17.3 Å². The molecule has 162 valence electrons. The predicted octanol–water partition coefficient (Wildman–Crippen LogP) is 4.81. The number of rotatable bonds is 3. The topological polar surface area (TPSA) is 71.1 Å². The molecule has 6 nitrogen and oxygen atoms in total. The average molecular weight is 422 g/mol. The van der Waals surface area contributed by atoms with Crippen LogP contribution in [0, 0.1) is 0 Å². The summed E-state index contributed by atoms with van der Waals surface area (Å²) in [6.07, 6.45) is 5.64. The highest BCUT2D eigenvalue weighted by Gasteiger charge is 2.44. The first kappa shape index (κ1) is 19.9. The molecule has 2 heterocycles. The van der Waals surface area contributed by atoms with Crippen molar-refractivity contribution in [3.63, 3.8) is 0 Å². The zero-order chi connectivity index (χ0) is 21.6. The van der Waals surface area contributed by atoms with Crippen LogP contribution in [-0.4, -0.2) is 31.6 Å². The quantitative estimate of drug-likeness (QED) is 0.522. The zero-order valence-electron chi connectivity index (χ0n) is 17.9. The van der Waals surface area contributed by atoms with Crippen LogP contribution in [0.25, 0.3) is 0 Å². The number of ether oxygens (including phenoxy) is 4. The number of carbonyl (C=O) groups excluding carboxylic acids is 2. The Kier molecular flexibility index (Phi) is 4.88. The lowest BCUT2D eigenvalue weighted by molar-refractivity contribution is -0.135. The van der Waals surface area contributed by atoms with Gasteiger partial charge < -0.3 is 18.9 Å². The molecule has 0 saturated heterocycles. The van der Waals surface area contributed by atoms with Crippen molar-refractivity contribution in [2.45, 2.75) is 56.5 Å². The van der Waals surface area contributed by atoms with Gasteiger partial charge in [-0.15, -0.1) is 0 Å². The number of Topliss-reactive ketones (excluding diaryl/α,β-unsaturated/α-hetero) is 1. The van der Waals surface area contributed by atoms with E-state index in [4.69, 9.17) is 18.9 Å². The summed E-state index contributed by atoms with van der Waals surface area (Å²) < 4.78 is 23.1. The molecular formula is C25H26O6. The van der Waals surface area contributed by atoms with Crippen molar-refractivity contribution in [3.05, 3.63) is 47.0 Å². The molecule has 1 unspecified atom stereocenters. The third-order valence-corrected chi connectivity index (χ3v) is 6.78. The smallest absolute Gasteiger partial charge is 0.312 e. The molecular weight excluding hydrogens is 396 g/mol. The number of carbonyl (C=O) groups is 2. The maximum absolute atomic E-state index is 13.1. The van der Waals surface area contributed by atoms with E-state index >= 15 is 0 Å². The monoisotopic (exact) mass is 422 g/mol. The largest absolute Gasteiger partial charge is 0.493 e. The Hall–Kier alpha value is -3.02. The Morgan fingerprint density at radius 2 is 1.74 bits per heavy atom. The van der Waals surface area contributed by atoms with E-state index in [-0.39, 0.29) is 24.1 Å². The summed E-state index contributed by atoms with van der Waals surface area (Å²) in [5, 5.41) is 0. The van der Waals surface area contributed by atoms with Crippen LogP contribution in [0.2, 0.25) is 0 Å². The van der Waals surface area contributed by atoms with Crippen LogP contribution in [0.15, 0.2) is 30.3 Å². The molecule has 1 atom stereocenters. The molecule has 1 aliphatic carbocycles. The molecule has 6 heteroatoms. The Morgan fingerprint density at radius 3 is 2.48 bits per heavy atom. The van der Waals surface area contributed by atoms with Gasteiger partial charge in [-0.05, 0) is 55.5 Å². The fourth-order valence-electron chi connectivity index (χ4n) is 5.23. The van der Waals surface area contributed by atoms with Crippen molar-refractivity contribution in [1.29, 1.82) is 0 Å². The van der Waals surface area contributed by atoms with Gasteiger partial charge in [0, 0.05) is 11.5 Å². The van der Waals surface area contributed by atoms with E-state index < -0.39 is 5.60 Å². The maximum Gasteiger partial charge on any atom is 0.312 e. The molecule has 2 aromatic rings. The summed E-state index contributed by atoms with van der Waals surface area (Å²) in [5.74, 6) is 1.77. The summed E-state index contributed by atoms with van der Waals surface area (Å²) in [5.41, 5.74) is 1.81. The van der Waals surface area contributed by atoms with Gasteiger partial charge in [0.2, 0.25) is 0 Å². The van der Waals surface area contributed by atoms with Gasteiger partial charge in [-0.1, -0.05) is 12.5 Å². The summed E-state index contributed by atoms with van der Waals surface area (Å²) in [6.45, 7) is 0. The molecule has 3 aliphatic rings. The third kappa shape index (κ3) is 3.34. The summed E-state index contributed by atoms with van der Waals surface area (Å²) >= 11 is 0. The first-order valence-electron chi connectivity index (χ1n) is 10.9. The van der Waals surface area contributed by atoms with Gasteiger partial charge in [-0.2, -0.15) is 0 Å². The number of hydrogen-bond acceptors (Lipinski definition) is 6. The lowest BCUT2D eigenvalue weighted by Crippen LogP contribution is -2.44. The van der Waals surface area contributed by atoms with Gasteiger partial charge in [0.25, 0.3) is 0 Å². The molecule has 2 aromatic carbocycles. The predicted molar refractivity (Wildman–Crippen MR) is 113 cm³/mol. The highest BCUT2D eigenvalue weighted by molar-refractivity contribution is 6.01. The number of fused-ring (bicyclic) bond motifs is 3. The fourth-order valence-corrected chi connectivity index (χ4v) is 5.23. The van der Waals surface area contributed by atoms with Gasteiger partial charge in [-0.3, -0.25) is 9.59 Å². The van der Waals surface area contributed by atoms with Crippen LogP contribution in [0.5, 0.6) is 23.0 Å². The number of methoxy groups -OCH3 is 2. The standard InChI is InChI=1S/C25H26O6/c1-28-19-8-6-15(12-21(19)29-2)17-13-22(27)30-20-9-7-16-18(26)14-25(10-4-3-5-11-25)31-24(16)23(17)20/h6-9,12,17H,3-5,10-11,13-14H2,1-2H3. The van der Waals surface area contributed by atoms with Gasteiger partial charge >= 0.3 is 5.97 Å². The Morgan fingerprint density at radius 1 is 0.968 bits per heavy atom. The first-order valence-corrected chi connectivity index (χ1v) is 10.9. The minimum absolute atomic E-state index is 0.105. The van der Waals surface area contributed by atoms with Crippen LogP contribution in [0.3, 0.4) is 0 Å². The molecule has 0 bridgehead atoms. The molecule has 1 fully saturated rings. The third-order valence-electron chi connectivity index (χ3n) is 6.78. The average Bonchev–Trinajstić information content (AvgIpc) is 2.78. The maximum atomic E-state index is 13.1. The van der Waals surface area contributed by atoms with Crippen LogP contribution in [-0.2, 0) is 4.79 Å². The minimum atomic E-state index is -0.443. The van der Waals surface area contributed by atoms with E-state index in [0.717, 1.165) is 36.8 Å². The fraction of sp³-hybridized carbons (Fsp3) is 0.440. The molecule has 0 aromatic heterocycles. The second-order valence-corrected chi connectivity index (χ2v) is 8.64. The number of ketones is 1. The van der Waals surface area contributed by atoms with E-state index in [1.54, 1.807) is 26.4 Å². The molecule has 1 saturated carbocycles. The van der Waals surface area contributed by atoms with Crippen molar-refractivity contribution >= 4 is 11.8 Å². The summed E-state index contributed by atoms with van der Waals surface area (Å²) in [4.78, 5) is 25.5. The van der Waals surface area contributed by atoms with Crippen LogP contribution in [0.1, 0.15) is 72.3 Å². The van der Waals surface area contributed by atoms with Crippen molar-refractivity contribution < 1.29 is 28.5 Å². The van der Waals surface area contributed by atoms with Crippen LogP contribution < -0.4 is 18.9 Å². The lowest BCUT2D eigenvalue weighted by atomic mass is 9.76. The zero-order valence-corrected chi connectivity index (χ0v) is 17.9. The van der Waals surface area contributed by atoms with Crippen LogP contribution in [0.4, 0.5) is 0 Å². The Labute approximate surface area is 181 Å².